The molecule has 1 atom stereocenters. The minimum atomic E-state index is -4.87. The highest BCUT2D eigenvalue weighted by Crippen LogP contribution is 2.41. The van der Waals surface area contributed by atoms with E-state index in [1.165, 1.54) is 36.6 Å². The number of carbonyl (C=O) groups is 1. The third-order valence-corrected chi connectivity index (χ3v) is 7.28. The van der Waals surface area contributed by atoms with E-state index in [1.807, 2.05) is 0 Å². The summed E-state index contributed by atoms with van der Waals surface area (Å²) in [5.41, 5.74) is -2.46. The van der Waals surface area contributed by atoms with Gasteiger partial charge in [-0.3, -0.25) is 9.78 Å². The zero-order chi connectivity index (χ0) is 27.2. The van der Waals surface area contributed by atoms with Crippen LogP contribution >= 0.6 is 0 Å². The van der Waals surface area contributed by atoms with Gasteiger partial charge in [-0.15, -0.1) is 10.2 Å². The second-order valence-electron chi connectivity index (χ2n) is 8.94. The lowest BCUT2D eigenvalue weighted by atomic mass is 9.77. The Hall–Kier alpha value is -3.58. The molecule has 1 saturated carbocycles. The lowest BCUT2D eigenvalue weighted by Crippen LogP contribution is -2.34. The van der Waals surface area contributed by atoms with E-state index in [4.69, 9.17) is 9.52 Å². The largest absolute Gasteiger partial charge is 0.435 e. The quantitative estimate of drug-likeness (QED) is 0.406. The van der Waals surface area contributed by atoms with Crippen molar-refractivity contribution in [1.29, 1.82) is 4.78 Å². The van der Waals surface area contributed by atoms with Crippen molar-refractivity contribution < 1.29 is 32.0 Å². The van der Waals surface area contributed by atoms with Gasteiger partial charge in [0.05, 0.1) is 21.1 Å². The van der Waals surface area contributed by atoms with E-state index >= 15 is 0 Å². The lowest BCUT2D eigenvalue weighted by Gasteiger charge is -2.36. The Balaban J connectivity index is 1.73. The van der Waals surface area contributed by atoms with Gasteiger partial charge in [0.1, 0.15) is 11.2 Å². The number of nitrogens with zero attached hydrogens (tertiary/aromatic N) is 3. The summed E-state index contributed by atoms with van der Waals surface area (Å²) in [6, 6.07) is 8.71. The number of hydrogen-bond acceptors (Lipinski definition) is 8. The molecule has 3 aromatic rings. The summed E-state index contributed by atoms with van der Waals surface area (Å²) in [6.07, 6.45) is -1.66. The van der Waals surface area contributed by atoms with Crippen LogP contribution in [0.5, 0.6) is 11.6 Å². The Morgan fingerprint density at radius 2 is 1.89 bits per heavy atom. The molecular formula is C24H24F3N5O4S. The standard InChI is InChI=1S/C24H24F3N5O4S/c1-13-19(21(33)30-15-6-4-7-16(12-15)37(3,28)35)22(32-31-20(13)24(25,26)27)36-17-8-9-18(29-14(17)2)23(34)10-5-11-23/h4,6-9,12,28,34H,5,10-11H2,1-3H3,(H,30,33). The molecule has 1 aromatic carbocycles. The number of nitrogens with one attached hydrogen (secondary N) is 2. The topological polar surface area (TPSA) is 138 Å². The van der Waals surface area contributed by atoms with Gasteiger partial charge in [0.2, 0.25) is 0 Å². The number of hydrogen-bond donors (Lipinski definition) is 3. The van der Waals surface area contributed by atoms with Gasteiger partial charge in [-0.25, -0.2) is 8.99 Å². The number of amides is 1. The summed E-state index contributed by atoms with van der Waals surface area (Å²) < 4.78 is 66.2. The first-order valence-electron chi connectivity index (χ1n) is 11.2. The normalized spacial score (nSPS) is 16.4. The number of pyridine rings is 1. The van der Waals surface area contributed by atoms with Crippen molar-refractivity contribution in [2.24, 2.45) is 0 Å². The fraction of sp³-hybridized carbons (Fsp3) is 0.333. The maximum atomic E-state index is 13.6. The lowest BCUT2D eigenvalue weighted by molar-refractivity contribution is -0.142. The first-order chi connectivity index (χ1) is 17.2. The number of ether oxygens (including phenoxy) is 1. The molecule has 2 heterocycles. The van der Waals surface area contributed by atoms with Gasteiger partial charge < -0.3 is 15.2 Å². The second kappa shape index (κ2) is 9.38. The van der Waals surface area contributed by atoms with E-state index in [1.54, 1.807) is 13.0 Å². The van der Waals surface area contributed by atoms with Gasteiger partial charge in [-0.05, 0) is 69.0 Å². The van der Waals surface area contributed by atoms with E-state index in [9.17, 15) is 27.3 Å². The monoisotopic (exact) mass is 535 g/mol. The molecule has 196 valence electrons. The van der Waals surface area contributed by atoms with Crippen LogP contribution in [0.15, 0.2) is 41.3 Å². The van der Waals surface area contributed by atoms with Crippen LogP contribution < -0.4 is 10.1 Å². The molecule has 0 spiro atoms. The molecule has 9 nitrogen and oxygen atoms in total. The SMILES string of the molecule is Cc1nc(C2(O)CCC2)ccc1Oc1nnc(C(F)(F)F)c(C)c1C(=O)Nc1cccc(S(C)(=N)=O)c1. The predicted molar refractivity (Wildman–Crippen MR) is 128 cm³/mol. The summed E-state index contributed by atoms with van der Waals surface area (Å²) in [5, 5.41) is 19.8. The third kappa shape index (κ3) is 5.42. The van der Waals surface area contributed by atoms with Crippen molar-refractivity contribution >= 4 is 21.3 Å². The van der Waals surface area contributed by atoms with Crippen LogP contribution in [0.25, 0.3) is 0 Å². The fourth-order valence-electron chi connectivity index (χ4n) is 3.90. The number of alkyl halides is 3. The molecular weight excluding hydrogens is 511 g/mol. The van der Waals surface area contributed by atoms with Crippen LogP contribution in [0.1, 0.15) is 52.3 Å². The molecule has 13 heteroatoms. The number of carbonyl (C=O) groups excluding carboxylic acids is 1. The Bertz CT molecular complexity index is 1490. The number of aromatic nitrogens is 3. The van der Waals surface area contributed by atoms with Gasteiger partial charge in [-0.2, -0.15) is 13.2 Å². The van der Waals surface area contributed by atoms with Gasteiger partial charge in [0.25, 0.3) is 11.8 Å². The average molecular weight is 536 g/mol. The highest BCUT2D eigenvalue weighted by Gasteiger charge is 2.39. The number of aryl methyl sites for hydroxylation is 1. The van der Waals surface area contributed by atoms with E-state index in [-0.39, 0.29) is 16.3 Å². The Labute approximate surface area is 211 Å². The number of anilines is 1. The van der Waals surface area contributed by atoms with Crippen molar-refractivity contribution in [3.8, 4) is 11.6 Å². The van der Waals surface area contributed by atoms with Crippen LogP contribution in [0.2, 0.25) is 0 Å². The smallest absolute Gasteiger partial charge is 0.435 e. The van der Waals surface area contributed by atoms with Crippen LogP contribution in [0.4, 0.5) is 18.9 Å². The van der Waals surface area contributed by atoms with Crippen molar-refractivity contribution in [2.45, 2.75) is 49.8 Å². The van der Waals surface area contributed by atoms with Gasteiger partial charge >= 0.3 is 6.18 Å². The maximum absolute atomic E-state index is 13.6. The number of rotatable bonds is 6. The van der Waals surface area contributed by atoms with Crippen molar-refractivity contribution in [1.82, 2.24) is 15.2 Å². The predicted octanol–water partition coefficient (Wildman–Crippen LogP) is 4.96. The zero-order valence-corrected chi connectivity index (χ0v) is 21.0. The second-order valence-corrected chi connectivity index (χ2v) is 11.1. The van der Waals surface area contributed by atoms with Crippen LogP contribution in [-0.2, 0) is 21.5 Å². The van der Waals surface area contributed by atoms with E-state index < -0.39 is 50.1 Å². The van der Waals surface area contributed by atoms with Crippen LogP contribution in [0.3, 0.4) is 0 Å². The molecule has 0 radical (unpaired) electrons. The molecule has 0 aliphatic heterocycles. The minimum absolute atomic E-state index is 0.121. The Kier molecular flexibility index (Phi) is 6.71. The summed E-state index contributed by atoms with van der Waals surface area (Å²) in [4.78, 5) is 17.7. The van der Waals surface area contributed by atoms with E-state index in [0.717, 1.165) is 13.3 Å². The fourth-order valence-corrected chi connectivity index (χ4v) is 4.59. The average Bonchev–Trinajstić information content (AvgIpc) is 2.77. The van der Waals surface area contributed by atoms with Gasteiger partial charge in [0, 0.05) is 16.8 Å². The van der Waals surface area contributed by atoms with Gasteiger partial charge in [-0.1, -0.05) is 6.07 Å². The molecule has 3 N–H and O–H groups in total. The minimum Gasteiger partial charge on any atom is -0.435 e. The highest BCUT2D eigenvalue weighted by molar-refractivity contribution is 7.91. The number of halogens is 3. The molecule has 37 heavy (non-hydrogen) atoms. The van der Waals surface area contributed by atoms with Crippen molar-refractivity contribution in [3.05, 3.63) is 64.6 Å². The molecule has 0 bridgehead atoms. The summed E-state index contributed by atoms with van der Waals surface area (Å²) in [6.45, 7) is 2.68. The summed E-state index contributed by atoms with van der Waals surface area (Å²) in [7, 11) is -3.10. The van der Waals surface area contributed by atoms with Crippen molar-refractivity contribution in [3.63, 3.8) is 0 Å². The van der Waals surface area contributed by atoms with E-state index in [2.05, 4.69) is 20.5 Å². The Morgan fingerprint density at radius 3 is 2.46 bits per heavy atom. The molecule has 1 fully saturated rings. The molecule has 2 aromatic heterocycles. The summed E-state index contributed by atoms with van der Waals surface area (Å²) >= 11 is 0. The van der Waals surface area contributed by atoms with E-state index in [0.29, 0.717) is 24.2 Å². The summed E-state index contributed by atoms with van der Waals surface area (Å²) in [5.74, 6) is -1.32. The molecule has 0 saturated heterocycles. The third-order valence-electron chi connectivity index (χ3n) is 6.12. The Morgan fingerprint density at radius 1 is 1.19 bits per heavy atom. The first-order valence-corrected chi connectivity index (χ1v) is 13.1. The zero-order valence-electron chi connectivity index (χ0n) is 20.1. The van der Waals surface area contributed by atoms with Crippen molar-refractivity contribution in [2.75, 3.05) is 11.6 Å². The molecule has 4 rings (SSSR count). The highest BCUT2D eigenvalue weighted by atomic mass is 32.2. The van der Waals surface area contributed by atoms with Crippen LogP contribution in [-0.4, -0.2) is 36.7 Å². The maximum Gasteiger partial charge on any atom is 0.435 e. The number of benzene rings is 1. The first kappa shape index (κ1) is 26.5. The number of aliphatic hydroxyl groups is 1. The molecule has 1 unspecified atom stereocenters. The van der Waals surface area contributed by atoms with Crippen LogP contribution in [0, 0.1) is 18.6 Å². The molecule has 1 amide bonds. The molecule has 1 aliphatic carbocycles. The molecule has 1 aliphatic rings. The van der Waals surface area contributed by atoms with Gasteiger partial charge in [0.15, 0.2) is 11.4 Å².